The summed E-state index contributed by atoms with van der Waals surface area (Å²) in [6, 6.07) is 13.6. The molecular weight excluding hydrogens is 350 g/mol. The summed E-state index contributed by atoms with van der Waals surface area (Å²) >= 11 is 0. The second-order valence-corrected chi connectivity index (χ2v) is 6.96. The fraction of sp³-hybridized carbons (Fsp3) is 0.348. The van der Waals surface area contributed by atoms with Crippen LogP contribution in [-0.2, 0) is 11.2 Å². The first-order valence-corrected chi connectivity index (χ1v) is 9.66. The zero-order valence-electron chi connectivity index (χ0n) is 16.5. The Hall–Kier alpha value is -3.13. The lowest BCUT2D eigenvalue weighted by Gasteiger charge is -2.14. The number of hydrogen-bond donors (Lipinski definition) is 2. The average Bonchev–Trinajstić information content (AvgIpc) is 2.71. The molecule has 5 heteroatoms. The predicted octanol–water partition coefficient (Wildman–Crippen LogP) is 4.55. The van der Waals surface area contributed by atoms with Gasteiger partial charge in [0.1, 0.15) is 5.70 Å². The minimum Gasteiger partial charge on any atom is -0.477 e. The van der Waals surface area contributed by atoms with Crippen LogP contribution in [-0.4, -0.2) is 22.6 Å². The van der Waals surface area contributed by atoms with Gasteiger partial charge < -0.3 is 10.4 Å². The topological polar surface area (TPSA) is 86.0 Å². The molecule has 0 amide bonds. The Morgan fingerprint density at radius 3 is 2.75 bits per heavy atom. The highest BCUT2D eigenvalue weighted by Crippen LogP contribution is 2.21. The Morgan fingerprint density at radius 1 is 1.32 bits per heavy atom. The van der Waals surface area contributed by atoms with Gasteiger partial charge in [0.2, 0.25) is 0 Å². The molecule has 0 aliphatic rings. The Labute approximate surface area is 166 Å². The van der Waals surface area contributed by atoms with Crippen LogP contribution >= 0.6 is 0 Å². The van der Waals surface area contributed by atoms with E-state index in [0.717, 1.165) is 42.5 Å². The number of allylic oxidation sites excluding steroid dienone is 1. The van der Waals surface area contributed by atoms with Crippen LogP contribution in [0, 0.1) is 17.2 Å². The Morgan fingerprint density at radius 2 is 2.11 bits per heavy atom. The van der Waals surface area contributed by atoms with E-state index < -0.39 is 5.97 Å². The molecule has 0 aliphatic heterocycles. The number of hydrogen-bond acceptors (Lipinski definition) is 4. The number of carboxylic acid groups (broad SMARTS) is 1. The molecule has 0 bridgehead atoms. The van der Waals surface area contributed by atoms with Crippen LogP contribution in [0.25, 0.3) is 11.3 Å². The number of unbranched alkanes of at least 4 members (excludes halogenated alkanes) is 2. The van der Waals surface area contributed by atoms with Gasteiger partial charge in [-0.1, -0.05) is 50.6 Å². The van der Waals surface area contributed by atoms with Crippen molar-refractivity contribution in [3.05, 3.63) is 65.5 Å². The molecule has 28 heavy (non-hydrogen) atoms. The molecule has 1 aromatic carbocycles. The monoisotopic (exact) mass is 377 g/mol. The van der Waals surface area contributed by atoms with E-state index in [-0.39, 0.29) is 11.6 Å². The minimum atomic E-state index is -0.912. The summed E-state index contributed by atoms with van der Waals surface area (Å²) < 4.78 is 0. The average molecular weight is 377 g/mol. The number of aromatic nitrogens is 1. The summed E-state index contributed by atoms with van der Waals surface area (Å²) in [5.74, 6) is -0.654. The van der Waals surface area contributed by atoms with Crippen LogP contribution in [0.2, 0.25) is 0 Å². The lowest BCUT2D eigenvalue weighted by atomic mass is 10.0. The van der Waals surface area contributed by atoms with Gasteiger partial charge in [-0.2, -0.15) is 5.26 Å². The van der Waals surface area contributed by atoms with E-state index in [1.807, 2.05) is 36.5 Å². The first-order valence-electron chi connectivity index (χ1n) is 9.66. The van der Waals surface area contributed by atoms with Gasteiger partial charge in [0.05, 0.1) is 17.3 Å². The second-order valence-electron chi connectivity index (χ2n) is 6.96. The molecule has 0 fully saturated rings. The number of nitrogens with one attached hydrogen (secondary N) is 1. The number of aliphatic carboxylic acids is 1. The summed E-state index contributed by atoms with van der Waals surface area (Å²) in [7, 11) is 0. The van der Waals surface area contributed by atoms with Gasteiger partial charge in [0.25, 0.3) is 0 Å². The Bertz CT molecular complexity index is 851. The zero-order valence-corrected chi connectivity index (χ0v) is 16.5. The van der Waals surface area contributed by atoms with Crippen LogP contribution < -0.4 is 5.32 Å². The molecule has 0 saturated heterocycles. The molecule has 2 N–H and O–H groups in total. The maximum Gasteiger partial charge on any atom is 0.351 e. The third-order valence-electron chi connectivity index (χ3n) is 4.51. The molecule has 1 heterocycles. The van der Waals surface area contributed by atoms with Crippen molar-refractivity contribution in [3.63, 3.8) is 0 Å². The summed E-state index contributed by atoms with van der Waals surface area (Å²) in [5, 5.41) is 21.6. The second kappa shape index (κ2) is 10.9. The van der Waals surface area contributed by atoms with Crippen LogP contribution in [0.3, 0.4) is 0 Å². The standard InChI is InChI=1S/C23H27N3O2/c1-3-4-5-10-22(23(27)28)25-15-17(2)13-18-11-12-21(26-16-18)20-9-7-6-8-19(20)14-24/h6-12,16-17,25H,3-5,13,15H2,1-2H3,(H,27,28). The van der Waals surface area contributed by atoms with Gasteiger partial charge in [-0.3, -0.25) is 4.98 Å². The van der Waals surface area contributed by atoms with Crippen molar-refractivity contribution >= 4 is 5.97 Å². The molecule has 1 aromatic heterocycles. The zero-order chi connectivity index (χ0) is 20.4. The largest absolute Gasteiger partial charge is 0.477 e. The number of pyridine rings is 1. The third-order valence-corrected chi connectivity index (χ3v) is 4.51. The summed E-state index contributed by atoms with van der Waals surface area (Å²) in [5.41, 5.74) is 3.57. The smallest absolute Gasteiger partial charge is 0.351 e. The first-order chi connectivity index (χ1) is 13.5. The van der Waals surface area contributed by atoms with E-state index in [2.05, 4.69) is 30.2 Å². The molecule has 0 spiro atoms. The van der Waals surface area contributed by atoms with Crippen molar-refractivity contribution in [1.82, 2.24) is 10.3 Å². The predicted molar refractivity (Wildman–Crippen MR) is 111 cm³/mol. The van der Waals surface area contributed by atoms with Crippen molar-refractivity contribution in [2.75, 3.05) is 6.54 Å². The quantitative estimate of drug-likeness (QED) is 0.469. The van der Waals surface area contributed by atoms with E-state index in [9.17, 15) is 15.2 Å². The van der Waals surface area contributed by atoms with Gasteiger partial charge in [-0.05, 0) is 42.9 Å². The van der Waals surface area contributed by atoms with E-state index >= 15 is 0 Å². The van der Waals surface area contributed by atoms with Gasteiger partial charge in [0.15, 0.2) is 0 Å². The first kappa shape index (κ1) is 21.2. The number of carbonyl (C=O) groups is 1. The van der Waals surface area contributed by atoms with Crippen LogP contribution in [0.15, 0.2) is 54.4 Å². The van der Waals surface area contributed by atoms with Crippen molar-refractivity contribution < 1.29 is 9.90 Å². The minimum absolute atomic E-state index is 0.257. The van der Waals surface area contributed by atoms with Crippen molar-refractivity contribution in [1.29, 1.82) is 5.26 Å². The van der Waals surface area contributed by atoms with Crippen LogP contribution in [0.4, 0.5) is 0 Å². The molecule has 0 radical (unpaired) electrons. The highest BCUT2D eigenvalue weighted by molar-refractivity contribution is 5.85. The number of rotatable bonds is 10. The van der Waals surface area contributed by atoms with E-state index in [1.165, 1.54) is 0 Å². The molecule has 5 nitrogen and oxygen atoms in total. The fourth-order valence-electron chi connectivity index (χ4n) is 2.95. The molecule has 0 saturated carbocycles. The van der Waals surface area contributed by atoms with E-state index in [1.54, 1.807) is 12.1 Å². The van der Waals surface area contributed by atoms with Crippen LogP contribution in [0.1, 0.15) is 44.2 Å². The molecule has 2 rings (SSSR count). The number of nitrogens with zero attached hydrogens (tertiary/aromatic N) is 2. The SMILES string of the molecule is CCCCC=C(NCC(C)Cc1ccc(-c2ccccc2C#N)nc1)C(=O)O. The normalized spacial score (nSPS) is 12.2. The van der Waals surface area contributed by atoms with Crippen molar-refractivity contribution in [3.8, 4) is 17.3 Å². The maximum atomic E-state index is 11.3. The number of nitriles is 1. The molecule has 1 unspecified atom stereocenters. The van der Waals surface area contributed by atoms with E-state index in [4.69, 9.17) is 0 Å². The Kier molecular flexibility index (Phi) is 8.23. The molecule has 1 atom stereocenters. The third kappa shape index (κ3) is 6.24. The summed E-state index contributed by atoms with van der Waals surface area (Å²) in [6.07, 6.45) is 7.19. The Balaban J connectivity index is 1.95. The van der Waals surface area contributed by atoms with E-state index in [0.29, 0.717) is 12.1 Å². The van der Waals surface area contributed by atoms with Gasteiger partial charge in [-0.25, -0.2) is 4.79 Å². The molecule has 2 aromatic rings. The van der Waals surface area contributed by atoms with Crippen LogP contribution in [0.5, 0.6) is 0 Å². The highest BCUT2D eigenvalue weighted by Gasteiger charge is 2.10. The van der Waals surface area contributed by atoms with Gasteiger partial charge in [-0.15, -0.1) is 0 Å². The van der Waals surface area contributed by atoms with Crippen molar-refractivity contribution in [2.45, 2.75) is 39.5 Å². The van der Waals surface area contributed by atoms with Gasteiger partial charge in [0, 0.05) is 18.3 Å². The van der Waals surface area contributed by atoms with Gasteiger partial charge >= 0.3 is 5.97 Å². The molecule has 146 valence electrons. The molecule has 0 aliphatic carbocycles. The fourth-order valence-corrected chi connectivity index (χ4v) is 2.95. The highest BCUT2D eigenvalue weighted by atomic mass is 16.4. The maximum absolute atomic E-state index is 11.3. The van der Waals surface area contributed by atoms with Crippen molar-refractivity contribution in [2.24, 2.45) is 5.92 Å². The number of carboxylic acids is 1. The number of benzene rings is 1. The lowest BCUT2D eigenvalue weighted by Crippen LogP contribution is -2.26. The summed E-state index contributed by atoms with van der Waals surface area (Å²) in [4.78, 5) is 15.8. The molecular formula is C23H27N3O2. The summed E-state index contributed by atoms with van der Waals surface area (Å²) in [6.45, 7) is 4.75. The lowest BCUT2D eigenvalue weighted by molar-refractivity contribution is -0.133.